The van der Waals surface area contributed by atoms with Gasteiger partial charge < -0.3 is 20.4 Å². The normalized spacial score (nSPS) is 9.30. The Morgan fingerprint density at radius 3 is 0.870 bits per heavy atom. The van der Waals surface area contributed by atoms with Crippen LogP contribution in [0.5, 0.6) is 0 Å². The molecule has 0 aliphatic carbocycles. The van der Waals surface area contributed by atoms with Gasteiger partial charge in [0.25, 0.3) is 0 Å². The molecule has 0 saturated heterocycles. The van der Waals surface area contributed by atoms with Crippen LogP contribution in [-0.4, -0.2) is 93.4 Å². The molecule has 0 aromatic rings. The molecule has 0 atom stereocenters. The van der Waals surface area contributed by atoms with Gasteiger partial charge in [-0.05, 0) is 0 Å². The van der Waals surface area contributed by atoms with E-state index in [4.69, 9.17) is 20.4 Å². The number of carbonyl (C=O) groups is 4. The van der Waals surface area contributed by atoms with Crippen molar-refractivity contribution in [2.45, 2.75) is 0 Å². The van der Waals surface area contributed by atoms with Crippen molar-refractivity contribution in [1.82, 2.24) is 9.80 Å². The summed E-state index contributed by atoms with van der Waals surface area (Å²) >= 11 is 0. The van der Waals surface area contributed by atoms with Gasteiger partial charge in [0.05, 0.1) is 26.2 Å². The van der Waals surface area contributed by atoms with Gasteiger partial charge in [0.2, 0.25) is 0 Å². The second-order valence-electron chi connectivity index (χ2n) is 4.00. The van der Waals surface area contributed by atoms with Crippen LogP contribution in [0.3, 0.4) is 0 Å². The van der Waals surface area contributed by atoms with Crippen LogP contribution in [0.15, 0.2) is 0 Å². The van der Waals surface area contributed by atoms with Gasteiger partial charge in [0, 0.05) is 29.9 Å². The summed E-state index contributed by atoms with van der Waals surface area (Å²) in [4.78, 5) is 44.4. The molecule has 0 aromatic heterocycles. The van der Waals surface area contributed by atoms with Crippen molar-refractivity contribution in [3.05, 3.63) is 0 Å². The molecule has 0 fully saturated rings. The molecule has 0 heterocycles. The zero-order chi connectivity index (χ0) is 15.7. The molecule has 1 radical (unpaired) electrons. The summed E-state index contributed by atoms with van der Waals surface area (Å²) in [5.74, 6) is -4.91. The fourth-order valence-electron chi connectivity index (χ4n) is 1.48. The molecule has 0 unspecified atom stereocenters. The Balaban J connectivity index is -0.000000602. The molecule has 10 nitrogen and oxygen atoms in total. The van der Waals surface area contributed by atoms with Crippen LogP contribution in [0.1, 0.15) is 0 Å². The Morgan fingerprint density at radius 1 is 0.565 bits per heavy atom. The van der Waals surface area contributed by atoms with Gasteiger partial charge in [-0.25, -0.2) is 0 Å². The van der Waals surface area contributed by atoms with Crippen LogP contribution in [-0.2, 0) is 36.0 Å². The van der Waals surface area contributed by atoms with Crippen molar-refractivity contribution in [3.63, 3.8) is 0 Å². The zero-order valence-corrected chi connectivity index (χ0v) is 20.2. The molecule has 0 aromatic carbocycles. The van der Waals surface area contributed by atoms with Crippen LogP contribution in [0.25, 0.3) is 0 Å². The number of hydrogen-bond acceptors (Lipinski definition) is 6. The fraction of sp³-hybridized carbons (Fsp3) is 0.600. The summed E-state index contributed by atoms with van der Waals surface area (Å²) in [5, 5.41) is 34.5. The van der Waals surface area contributed by atoms with E-state index in [1.807, 2.05) is 0 Å². The molecule has 0 amide bonds. The van der Waals surface area contributed by atoms with Crippen molar-refractivity contribution in [1.29, 1.82) is 0 Å². The maximum Gasteiger partial charge on any atom is 1.00 e. The van der Waals surface area contributed by atoms with E-state index >= 15 is 0 Å². The van der Waals surface area contributed by atoms with Gasteiger partial charge in [-0.3, -0.25) is 29.0 Å². The van der Waals surface area contributed by atoms with Crippen LogP contribution in [0.2, 0.25) is 0 Å². The standard InChI is InChI=1S/C10H16N2O8.Co.2K/c13-7(14)3-11(4-8(15)16)1-2-12(5-9(17)18)6-10(19)20;;;/h1-6H2,(H,13,14)(H,15,16)(H,17,18)(H,19,20);;;/q;;2*+1. The first-order chi connectivity index (χ1) is 9.20. The monoisotopic (exact) mass is 429 g/mol. The third kappa shape index (κ3) is 21.5. The molecule has 0 aliphatic heterocycles. The number of rotatable bonds is 11. The van der Waals surface area contributed by atoms with Crippen LogP contribution >= 0.6 is 0 Å². The van der Waals surface area contributed by atoms with Gasteiger partial charge in [-0.1, -0.05) is 0 Å². The summed E-state index contributed by atoms with van der Waals surface area (Å²) in [6.07, 6.45) is 0. The summed E-state index contributed by atoms with van der Waals surface area (Å²) < 4.78 is 0. The summed E-state index contributed by atoms with van der Waals surface area (Å²) in [6.45, 7) is -2.25. The van der Waals surface area contributed by atoms with Crippen molar-refractivity contribution in [2.24, 2.45) is 0 Å². The minimum atomic E-state index is -1.23. The molecule has 0 spiro atoms. The second-order valence-corrected chi connectivity index (χ2v) is 4.00. The smallest absolute Gasteiger partial charge is 0.480 e. The number of hydrogen-bond donors (Lipinski definition) is 4. The van der Waals surface area contributed by atoms with E-state index in [0.717, 1.165) is 9.80 Å². The first kappa shape index (κ1) is 32.3. The minimum absolute atomic E-state index is 0. The van der Waals surface area contributed by atoms with Gasteiger partial charge in [-0.15, -0.1) is 0 Å². The van der Waals surface area contributed by atoms with E-state index in [9.17, 15) is 19.2 Å². The molecule has 4 N–H and O–H groups in total. The number of carboxylic acids is 4. The topological polar surface area (TPSA) is 156 Å². The third-order valence-electron chi connectivity index (χ3n) is 2.17. The molecule has 13 heteroatoms. The first-order valence-electron chi connectivity index (χ1n) is 5.52. The van der Waals surface area contributed by atoms with Crippen LogP contribution < -0.4 is 103 Å². The number of carboxylic acid groups (broad SMARTS) is 4. The summed E-state index contributed by atoms with van der Waals surface area (Å²) in [6, 6.07) is 0. The molecule has 123 valence electrons. The van der Waals surface area contributed by atoms with Crippen molar-refractivity contribution in [3.8, 4) is 0 Å². The molecular formula is C10H16CoK2N2O8+2. The van der Waals surface area contributed by atoms with E-state index in [0.29, 0.717) is 0 Å². The Hall–Kier alpha value is 1.58. The maximum absolute atomic E-state index is 10.6. The van der Waals surface area contributed by atoms with Crippen molar-refractivity contribution >= 4 is 23.9 Å². The largest absolute Gasteiger partial charge is 1.00 e. The Labute approximate surface area is 228 Å². The predicted molar refractivity (Wildman–Crippen MR) is 63.4 cm³/mol. The summed E-state index contributed by atoms with van der Waals surface area (Å²) in [5.41, 5.74) is 0. The average molecular weight is 429 g/mol. The van der Waals surface area contributed by atoms with Gasteiger partial charge in [0.1, 0.15) is 0 Å². The molecular weight excluding hydrogens is 413 g/mol. The molecule has 0 rings (SSSR count). The van der Waals surface area contributed by atoms with Crippen LogP contribution in [0.4, 0.5) is 0 Å². The Kier molecular flexibility index (Phi) is 25.8. The average Bonchev–Trinajstić information content (AvgIpc) is 2.22. The number of aliphatic carboxylic acids is 4. The fourth-order valence-corrected chi connectivity index (χ4v) is 1.48. The van der Waals surface area contributed by atoms with E-state index in [2.05, 4.69) is 0 Å². The van der Waals surface area contributed by atoms with Gasteiger partial charge in [-0.2, -0.15) is 0 Å². The summed E-state index contributed by atoms with van der Waals surface area (Å²) in [7, 11) is 0. The quantitative estimate of drug-likeness (QED) is 0.233. The second kappa shape index (κ2) is 18.4. The minimum Gasteiger partial charge on any atom is -0.480 e. The van der Waals surface area contributed by atoms with Crippen molar-refractivity contribution < 1.29 is 159 Å². The van der Waals surface area contributed by atoms with Gasteiger partial charge >= 0.3 is 127 Å². The van der Waals surface area contributed by atoms with Crippen molar-refractivity contribution in [2.75, 3.05) is 39.3 Å². The first-order valence-corrected chi connectivity index (χ1v) is 5.52. The molecule has 0 bridgehead atoms. The van der Waals surface area contributed by atoms with E-state index in [1.165, 1.54) is 0 Å². The van der Waals surface area contributed by atoms with Gasteiger partial charge in [0.15, 0.2) is 0 Å². The maximum atomic E-state index is 10.6. The Morgan fingerprint density at radius 2 is 0.739 bits per heavy atom. The molecule has 0 aliphatic rings. The third-order valence-corrected chi connectivity index (χ3v) is 2.17. The SMILES string of the molecule is O=C(O)CN(CCN(CC(=O)O)CC(=O)O)CC(=O)O.[Co].[K+].[K+]. The zero-order valence-electron chi connectivity index (χ0n) is 12.9. The van der Waals surface area contributed by atoms with E-state index in [-0.39, 0.29) is 133 Å². The number of nitrogens with zero attached hydrogens (tertiary/aromatic N) is 2. The van der Waals surface area contributed by atoms with E-state index in [1.54, 1.807) is 0 Å². The predicted octanol–water partition coefficient (Wildman–Crippen LogP) is -8.07. The molecule has 0 saturated carbocycles. The van der Waals surface area contributed by atoms with E-state index < -0.39 is 50.1 Å². The Bertz CT molecular complexity index is 331. The van der Waals surface area contributed by atoms with Crippen LogP contribution in [0, 0.1) is 0 Å². The molecule has 23 heavy (non-hydrogen) atoms.